The van der Waals surface area contributed by atoms with Gasteiger partial charge in [0.15, 0.2) is 0 Å². The van der Waals surface area contributed by atoms with Gasteiger partial charge in [-0.25, -0.2) is 0 Å². The maximum absolute atomic E-state index is 2.51. The van der Waals surface area contributed by atoms with E-state index in [2.05, 4.69) is 12.2 Å². The number of rotatable bonds is 2. The highest BCUT2D eigenvalue weighted by atomic mass is 14.5. The van der Waals surface area contributed by atoms with Gasteiger partial charge in [-0.15, -0.1) is 0 Å². The topological polar surface area (TPSA) is 0 Å². The first-order valence-corrected chi connectivity index (χ1v) is 5.12. The van der Waals surface area contributed by atoms with E-state index < -0.39 is 0 Å². The third kappa shape index (κ3) is 1.04. The zero-order chi connectivity index (χ0) is 7.26. The summed E-state index contributed by atoms with van der Waals surface area (Å²) in [5.74, 6) is 4.35. The lowest BCUT2D eigenvalue weighted by atomic mass is 9.87. The minimum Gasteiger partial charge on any atom is -0.0879 e. The van der Waals surface area contributed by atoms with Crippen LogP contribution in [0.5, 0.6) is 0 Å². The fraction of sp³-hybridized carbons (Fsp3) is 0.818. The van der Waals surface area contributed by atoms with Crippen LogP contribution in [0.25, 0.3) is 0 Å². The molecule has 0 aliphatic heterocycles. The Morgan fingerprint density at radius 2 is 1.64 bits per heavy atom. The van der Waals surface area contributed by atoms with Crippen molar-refractivity contribution in [3.63, 3.8) is 0 Å². The molecule has 2 atom stereocenters. The lowest BCUT2D eigenvalue weighted by Gasteiger charge is -2.17. The summed E-state index contributed by atoms with van der Waals surface area (Å²) in [5.41, 5.74) is 0. The highest BCUT2D eigenvalue weighted by molar-refractivity contribution is 5.09. The lowest BCUT2D eigenvalue weighted by Crippen LogP contribution is -2.11. The molecule has 60 valence electrons. The highest BCUT2D eigenvalue weighted by Gasteiger charge is 2.43. The molecule has 0 bridgehead atoms. The second kappa shape index (κ2) is 2.12. The van der Waals surface area contributed by atoms with Crippen LogP contribution in [0.3, 0.4) is 0 Å². The molecular weight excluding hydrogens is 132 g/mol. The average Bonchev–Trinajstić information content (AvgIpc) is 2.91. The molecule has 0 aromatic heterocycles. The van der Waals surface area contributed by atoms with Gasteiger partial charge < -0.3 is 0 Å². The van der Waals surface area contributed by atoms with Crippen LogP contribution in [0, 0.1) is 23.7 Å². The highest BCUT2D eigenvalue weighted by Crippen LogP contribution is 2.52. The fourth-order valence-corrected chi connectivity index (χ4v) is 2.71. The summed E-state index contributed by atoms with van der Waals surface area (Å²) in [5, 5.41) is 0. The van der Waals surface area contributed by atoms with E-state index in [1.807, 2.05) is 0 Å². The molecule has 0 spiro atoms. The molecule has 11 heavy (non-hydrogen) atoms. The van der Waals surface area contributed by atoms with Gasteiger partial charge in [0.2, 0.25) is 0 Å². The summed E-state index contributed by atoms with van der Waals surface area (Å²) < 4.78 is 0. The van der Waals surface area contributed by atoms with Gasteiger partial charge in [-0.2, -0.15) is 0 Å². The molecule has 0 heterocycles. The molecular formula is C11H16. The van der Waals surface area contributed by atoms with E-state index in [9.17, 15) is 0 Å². The smallest absolute Gasteiger partial charge is 0.0171 e. The van der Waals surface area contributed by atoms with Crippen molar-refractivity contribution in [3.8, 4) is 0 Å². The summed E-state index contributed by atoms with van der Waals surface area (Å²) in [4.78, 5) is 0. The van der Waals surface area contributed by atoms with Crippen LogP contribution >= 0.6 is 0 Å². The zero-order valence-electron chi connectivity index (χ0n) is 7.00. The summed E-state index contributed by atoms with van der Waals surface area (Å²) >= 11 is 0. The van der Waals surface area contributed by atoms with Crippen molar-refractivity contribution >= 4 is 0 Å². The molecule has 0 N–H and O–H groups in total. The van der Waals surface area contributed by atoms with E-state index in [4.69, 9.17) is 0 Å². The van der Waals surface area contributed by atoms with Crippen molar-refractivity contribution in [2.45, 2.75) is 32.1 Å². The quantitative estimate of drug-likeness (QED) is 0.528. The van der Waals surface area contributed by atoms with Crippen LogP contribution < -0.4 is 0 Å². The molecule has 0 amide bonds. The van der Waals surface area contributed by atoms with E-state index in [0.717, 1.165) is 23.7 Å². The normalized spacial score (nSPS) is 43.3. The zero-order valence-corrected chi connectivity index (χ0v) is 7.00. The number of allylic oxidation sites excluding steroid dienone is 2. The Kier molecular flexibility index (Phi) is 1.21. The second-order valence-electron chi connectivity index (χ2n) is 4.58. The summed E-state index contributed by atoms with van der Waals surface area (Å²) in [6.45, 7) is 0. The number of hydrogen-bond acceptors (Lipinski definition) is 0. The Bertz CT molecular complexity index is 184. The van der Waals surface area contributed by atoms with Gasteiger partial charge >= 0.3 is 0 Å². The maximum atomic E-state index is 2.51. The van der Waals surface area contributed by atoms with Crippen LogP contribution in [0.4, 0.5) is 0 Å². The number of hydrogen-bond donors (Lipinski definition) is 0. The molecule has 0 saturated heterocycles. The molecule has 0 heteroatoms. The standard InChI is InChI=1S/C11H16/c1-2-10(8-4-5-8)11(3-1)9-6-7-9/h1-2,8-11H,3-7H2. The van der Waals surface area contributed by atoms with Crippen LogP contribution in [0.15, 0.2) is 12.2 Å². The van der Waals surface area contributed by atoms with Crippen molar-refractivity contribution in [3.05, 3.63) is 12.2 Å². The van der Waals surface area contributed by atoms with Crippen LogP contribution in [-0.2, 0) is 0 Å². The van der Waals surface area contributed by atoms with Gasteiger partial charge in [-0.1, -0.05) is 12.2 Å². The monoisotopic (exact) mass is 148 g/mol. The Balaban J connectivity index is 1.73. The van der Waals surface area contributed by atoms with E-state index in [1.54, 1.807) is 0 Å². The van der Waals surface area contributed by atoms with Gasteiger partial charge in [0, 0.05) is 0 Å². The summed E-state index contributed by atoms with van der Waals surface area (Å²) in [7, 11) is 0. The summed E-state index contributed by atoms with van der Waals surface area (Å²) in [6.07, 6.45) is 12.5. The molecule has 2 fully saturated rings. The molecule has 3 aliphatic rings. The van der Waals surface area contributed by atoms with E-state index in [-0.39, 0.29) is 0 Å². The van der Waals surface area contributed by atoms with Crippen molar-refractivity contribution in [1.82, 2.24) is 0 Å². The third-order valence-corrected chi connectivity index (χ3v) is 3.65. The van der Waals surface area contributed by atoms with Crippen molar-refractivity contribution < 1.29 is 0 Å². The van der Waals surface area contributed by atoms with Crippen LogP contribution in [-0.4, -0.2) is 0 Å². The van der Waals surface area contributed by atoms with Gasteiger partial charge in [0.25, 0.3) is 0 Å². The Morgan fingerprint density at radius 1 is 0.909 bits per heavy atom. The van der Waals surface area contributed by atoms with Crippen molar-refractivity contribution in [2.24, 2.45) is 23.7 Å². The SMILES string of the molecule is C1=CC(C2CC2)C(C2CC2)C1. The largest absolute Gasteiger partial charge is 0.0879 e. The minimum atomic E-state index is 1.02. The minimum absolute atomic E-state index is 1.02. The van der Waals surface area contributed by atoms with E-state index in [0.29, 0.717) is 0 Å². The first-order chi connectivity index (χ1) is 5.45. The van der Waals surface area contributed by atoms with Crippen molar-refractivity contribution in [1.29, 1.82) is 0 Å². The molecule has 3 aliphatic carbocycles. The first-order valence-electron chi connectivity index (χ1n) is 5.12. The predicted molar refractivity (Wildman–Crippen MR) is 46.2 cm³/mol. The Hall–Kier alpha value is -0.260. The van der Waals surface area contributed by atoms with Gasteiger partial charge in [0.05, 0.1) is 0 Å². The first kappa shape index (κ1) is 6.28. The molecule has 0 aromatic rings. The second-order valence-corrected chi connectivity index (χ2v) is 4.58. The van der Waals surface area contributed by atoms with E-state index >= 15 is 0 Å². The fourth-order valence-electron chi connectivity index (χ4n) is 2.71. The Labute approximate surface area is 68.7 Å². The molecule has 0 nitrogen and oxygen atoms in total. The predicted octanol–water partition coefficient (Wildman–Crippen LogP) is 3.00. The lowest BCUT2D eigenvalue weighted by molar-refractivity contribution is 0.343. The van der Waals surface area contributed by atoms with Crippen molar-refractivity contribution in [2.75, 3.05) is 0 Å². The molecule has 0 radical (unpaired) electrons. The summed E-state index contributed by atoms with van der Waals surface area (Å²) in [6, 6.07) is 0. The van der Waals surface area contributed by atoms with E-state index in [1.165, 1.54) is 32.1 Å². The van der Waals surface area contributed by atoms with Gasteiger partial charge in [-0.05, 0) is 55.8 Å². The van der Waals surface area contributed by atoms with Crippen LogP contribution in [0.2, 0.25) is 0 Å². The van der Waals surface area contributed by atoms with Crippen LogP contribution in [0.1, 0.15) is 32.1 Å². The Morgan fingerprint density at radius 3 is 2.27 bits per heavy atom. The van der Waals surface area contributed by atoms with Gasteiger partial charge in [-0.3, -0.25) is 0 Å². The molecule has 2 unspecified atom stereocenters. The third-order valence-electron chi connectivity index (χ3n) is 3.65. The molecule has 2 saturated carbocycles. The molecule has 3 rings (SSSR count). The maximum Gasteiger partial charge on any atom is -0.0171 e. The van der Waals surface area contributed by atoms with Gasteiger partial charge in [0.1, 0.15) is 0 Å². The average molecular weight is 148 g/mol. The molecule has 0 aromatic carbocycles.